The van der Waals surface area contributed by atoms with Crippen LogP contribution in [0.5, 0.6) is 5.75 Å². The van der Waals surface area contributed by atoms with Crippen molar-refractivity contribution in [2.45, 2.75) is 18.9 Å². The highest BCUT2D eigenvalue weighted by molar-refractivity contribution is 5.97. The van der Waals surface area contributed by atoms with Crippen LogP contribution in [0, 0.1) is 11.7 Å². The van der Waals surface area contributed by atoms with Crippen molar-refractivity contribution < 1.29 is 18.7 Å². The molecule has 212 valence electrons. The van der Waals surface area contributed by atoms with Gasteiger partial charge < -0.3 is 19.7 Å². The molecule has 0 unspecified atom stereocenters. The van der Waals surface area contributed by atoms with Crippen LogP contribution in [0.3, 0.4) is 0 Å². The third-order valence-corrected chi connectivity index (χ3v) is 8.60. The summed E-state index contributed by atoms with van der Waals surface area (Å²) in [5, 5.41) is 11.4. The second kappa shape index (κ2) is 10.8. The SMILES string of the molecule is COc1cc2cc(F)c1-c1cc3c(n[nH]c3cn1)-c1cccc(c1)N1CCN(CCOC3CC(CNC2=O)C3)CC1. The van der Waals surface area contributed by atoms with Crippen molar-refractivity contribution in [3.8, 4) is 28.3 Å². The molecule has 10 heteroatoms. The van der Waals surface area contributed by atoms with Gasteiger partial charge in [0.1, 0.15) is 17.3 Å². The Morgan fingerprint density at radius 2 is 1.90 bits per heavy atom. The van der Waals surface area contributed by atoms with Crippen LogP contribution < -0.4 is 15.0 Å². The van der Waals surface area contributed by atoms with Crippen LogP contribution >= 0.6 is 0 Å². The molecule has 2 aromatic heterocycles. The number of ether oxygens (including phenoxy) is 2. The van der Waals surface area contributed by atoms with Crippen LogP contribution in [-0.2, 0) is 4.74 Å². The van der Waals surface area contributed by atoms with Crippen molar-refractivity contribution in [2.24, 2.45) is 5.92 Å². The summed E-state index contributed by atoms with van der Waals surface area (Å²) < 4.78 is 27.3. The molecule has 4 aromatic rings. The van der Waals surface area contributed by atoms with Gasteiger partial charge in [0.25, 0.3) is 5.91 Å². The van der Waals surface area contributed by atoms with Crippen molar-refractivity contribution in [1.82, 2.24) is 25.4 Å². The summed E-state index contributed by atoms with van der Waals surface area (Å²) >= 11 is 0. The maximum atomic E-state index is 15.6. The molecule has 10 bridgehead atoms. The molecule has 0 spiro atoms. The molecule has 2 fully saturated rings. The number of hydrogen-bond acceptors (Lipinski definition) is 7. The first-order valence-corrected chi connectivity index (χ1v) is 14.3. The second-order valence-electron chi connectivity index (χ2n) is 11.1. The zero-order valence-corrected chi connectivity index (χ0v) is 23.0. The quantitative estimate of drug-likeness (QED) is 0.365. The van der Waals surface area contributed by atoms with Crippen LogP contribution in [-0.4, -0.2) is 85.1 Å². The fraction of sp³-hybridized carbons (Fsp3) is 0.387. The number of halogens is 1. The Hall–Kier alpha value is -4.02. The lowest BCUT2D eigenvalue weighted by atomic mass is 9.82. The van der Waals surface area contributed by atoms with E-state index in [1.807, 2.05) is 12.1 Å². The number of benzene rings is 2. The first-order chi connectivity index (χ1) is 20.1. The molecule has 41 heavy (non-hydrogen) atoms. The molecule has 8 heterocycles. The normalized spacial score (nSPS) is 22.8. The molecular formula is C31H33FN6O3. The number of carbonyl (C=O) groups is 1. The van der Waals surface area contributed by atoms with Gasteiger partial charge in [0.05, 0.1) is 42.8 Å². The van der Waals surface area contributed by atoms with Crippen LogP contribution in [0.1, 0.15) is 23.2 Å². The second-order valence-corrected chi connectivity index (χ2v) is 11.1. The lowest BCUT2D eigenvalue weighted by Gasteiger charge is -2.38. The Balaban J connectivity index is 1.27. The molecule has 7 aliphatic rings. The third kappa shape index (κ3) is 5.02. The molecule has 9 nitrogen and oxygen atoms in total. The predicted octanol–water partition coefficient (Wildman–Crippen LogP) is 4.10. The number of aromatic nitrogens is 3. The summed E-state index contributed by atoms with van der Waals surface area (Å²) in [5.74, 6) is -0.286. The summed E-state index contributed by atoms with van der Waals surface area (Å²) in [6, 6.07) is 13.0. The number of nitrogens with one attached hydrogen (secondary N) is 2. The monoisotopic (exact) mass is 556 g/mol. The number of hydrogen-bond donors (Lipinski definition) is 2. The zero-order chi connectivity index (χ0) is 27.9. The van der Waals surface area contributed by atoms with Gasteiger partial charge in [-0.2, -0.15) is 5.10 Å². The van der Waals surface area contributed by atoms with Gasteiger partial charge in [0.15, 0.2) is 0 Å². The van der Waals surface area contributed by atoms with E-state index in [0.29, 0.717) is 24.8 Å². The topological polar surface area (TPSA) is 95.6 Å². The average molecular weight is 557 g/mol. The summed E-state index contributed by atoms with van der Waals surface area (Å²) in [6.07, 6.45) is 3.74. The van der Waals surface area contributed by atoms with Gasteiger partial charge in [0, 0.05) is 61.5 Å². The van der Waals surface area contributed by atoms with E-state index in [2.05, 4.69) is 48.5 Å². The number of piperazine rings is 1. The third-order valence-electron chi connectivity index (χ3n) is 8.60. The van der Waals surface area contributed by atoms with Gasteiger partial charge in [-0.05, 0) is 49.1 Å². The number of aromatic amines is 1. The molecule has 11 rings (SSSR count). The van der Waals surface area contributed by atoms with Crippen LogP contribution in [0.2, 0.25) is 0 Å². The predicted molar refractivity (Wildman–Crippen MR) is 155 cm³/mol. The van der Waals surface area contributed by atoms with Gasteiger partial charge in [-0.1, -0.05) is 12.1 Å². The zero-order valence-electron chi connectivity index (χ0n) is 23.0. The van der Waals surface area contributed by atoms with E-state index in [9.17, 15) is 4.79 Å². The van der Waals surface area contributed by atoms with Gasteiger partial charge in [0.2, 0.25) is 0 Å². The minimum atomic E-state index is -0.570. The molecule has 2 N–H and O–H groups in total. The Bertz CT molecular complexity index is 1590. The van der Waals surface area contributed by atoms with Crippen molar-refractivity contribution in [1.29, 1.82) is 0 Å². The van der Waals surface area contributed by atoms with E-state index < -0.39 is 5.82 Å². The van der Waals surface area contributed by atoms with E-state index >= 15 is 4.39 Å². The van der Waals surface area contributed by atoms with Crippen LogP contribution in [0.4, 0.5) is 10.1 Å². The molecule has 1 aliphatic carbocycles. The summed E-state index contributed by atoms with van der Waals surface area (Å²) in [6.45, 7) is 6.03. The van der Waals surface area contributed by atoms with Gasteiger partial charge in [-0.25, -0.2) is 4.39 Å². The van der Waals surface area contributed by atoms with E-state index in [0.717, 1.165) is 73.4 Å². The molecule has 2 aromatic carbocycles. The van der Waals surface area contributed by atoms with E-state index in [4.69, 9.17) is 9.47 Å². The fourth-order valence-electron chi connectivity index (χ4n) is 6.14. The lowest BCUT2D eigenvalue weighted by Crippen LogP contribution is -2.48. The summed E-state index contributed by atoms with van der Waals surface area (Å²) in [5.41, 5.74) is 4.46. The highest BCUT2D eigenvalue weighted by atomic mass is 19.1. The fourth-order valence-corrected chi connectivity index (χ4v) is 6.14. The molecule has 0 atom stereocenters. The first kappa shape index (κ1) is 25.9. The van der Waals surface area contributed by atoms with Crippen LogP contribution in [0.15, 0.2) is 48.7 Å². The van der Waals surface area contributed by atoms with Gasteiger partial charge in [-0.15, -0.1) is 0 Å². The van der Waals surface area contributed by atoms with Crippen molar-refractivity contribution in [3.63, 3.8) is 0 Å². The number of rotatable bonds is 1. The maximum absolute atomic E-state index is 15.6. The molecule has 1 saturated carbocycles. The van der Waals surface area contributed by atoms with Gasteiger partial charge in [-0.3, -0.25) is 19.8 Å². The van der Waals surface area contributed by atoms with Gasteiger partial charge >= 0.3 is 0 Å². The molecule has 6 aliphatic heterocycles. The molecular weight excluding hydrogens is 523 g/mol. The summed E-state index contributed by atoms with van der Waals surface area (Å²) in [7, 11) is 1.47. The Morgan fingerprint density at radius 3 is 2.73 bits per heavy atom. The minimum Gasteiger partial charge on any atom is -0.496 e. The standard InChI is InChI=1S/C31H33FN6O3/c1-40-28-15-21-14-25(32)29(28)26-16-24-27(18-33-26)35-36-30(24)20-3-2-4-22(13-20)38-7-5-37(6-8-38)9-10-41-23-11-19(12-23)17-34-31(21)39/h2-4,13-16,18-19,23H,5-12,17H2,1H3,(H,34,39)(H,35,36). The number of nitrogens with zero attached hydrogens (tertiary/aromatic N) is 4. The highest BCUT2D eigenvalue weighted by Crippen LogP contribution is 2.37. The van der Waals surface area contributed by atoms with Crippen LogP contribution in [0.25, 0.3) is 33.4 Å². The van der Waals surface area contributed by atoms with E-state index in [1.165, 1.54) is 13.2 Å². The van der Waals surface area contributed by atoms with Crippen molar-refractivity contribution >= 4 is 22.5 Å². The number of pyridine rings is 1. The molecule has 1 saturated heterocycles. The molecule has 1 amide bonds. The number of amides is 1. The maximum Gasteiger partial charge on any atom is 0.251 e. The smallest absolute Gasteiger partial charge is 0.251 e. The summed E-state index contributed by atoms with van der Waals surface area (Å²) in [4.78, 5) is 22.3. The number of anilines is 1. The van der Waals surface area contributed by atoms with Crippen molar-refractivity contribution in [3.05, 3.63) is 60.0 Å². The Labute approximate surface area is 237 Å². The number of methoxy groups -OCH3 is 1. The van der Waals surface area contributed by atoms with Crippen molar-refractivity contribution in [2.75, 3.05) is 57.9 Å². The van der Waals surface area contributed by atoms with E-state index in [-0.39, 0.29) is 28.9 Å². The Kier molecular flexibility index (Phi) is 6.80. The highest BCUT2D eigenvalue weighted by Gasteiger charge is 2.30. The number of carbonyl (C=O) groups excluding carboxylic acids is 1. The minimum absolute atomic E-state index is 0.207. The lowest BCUT2D eigenvalue weighted by molar-refractivity contribution is -0.0366. The first-order valence-electron chi connectivity index (χ1n) is 14.3. The van der Waals surface area contributed by atoms with E-state index in [1.54, 1.807) is 12.3 Å². The molecule has 0 radical (unpaired) electrons. The average Bonchev–Trinajstić information content (AvgIpc) is 3.40. The Morgan fingerprint density at radius 1 is 1.05 bits per heavy atom. The largest absolute Gasteiger partial charge is 0.496 e. The number of H-pyrrole nitrogens is 1.